The van der Waals surface area contributed by atoms with Crippen molar-refractivity contribution in [3.8, 4) is 0 Å². The third-order valence-corrected chi connectivity index (χ3v) is 11.3. The number of carbonyl (C=O) groups excluding carboxylic acids is 3. The first-order valence-corrected chi connectivity index (χ1v) is 27.6. The number of esters is 3. The first kappa shape index (κ1) is 63.8. The molecule has 6 nitrogen and oxygen atoms in total. The van der Waals surface area contributed by atoms with Crippen molar-refractivity contribution in [1.82, 2.24) is 0 Å². The van der Waals surface area contributed by atoms with Crippen LogP contribution in [0.5, 0.6) is 0 Å². The molecule has 0 bridgehead atoms. The van der Waals surface area contributed by atoms with Crippen LogP contribution in [-0.2, 0) is 28.6 Å². The molecule has 1 unspecified atom stereocenters. The van der Waals surface area contributed by atoms with Gasteiger partial charge in [0, 0.05) is 19.3 Å². The van der Waals surface area contributed by atoms with Gasteiger partial charge in [-0.3, -0.25) is 14.4 Å². The van der Waals surface area contributed by atoms with Gasteiger partial charge in [-0.1, -0.05) is 232 Å². The zero-order valence-corrected chi connectivity index (χ0v) is 43.8. The number of allylic oxidation sites excluding steroid dienone is 20. The summed E-state index contributed by atoms with van der Waals surface area (Å²) in [5.41, 5.74) is 0. The van der Waals surface area contributed by atoms with Crippen LogP contribution >= 0.6 is 0 Å². The highest BCUT2D eigenvalue weighted by molar-refractivity contribution is 5.71. The van der Waals surface area contributed by atoms with E-state index in [-0.39, 0.29) is 31.6 Å². The van der Waals surface area contributed by atoms with Crippen molar-refractivity contribution >= 4 is 17.9 Å². The Bertz CT molecular complexity index is 1450. The molecule has 0 fully saturated rings. The van der Waals surface area contributed by atoms with Gasteiger partial charge < -0.3 is 14.2 Å². The van der Waals surface area contributed by atoms with Gasteiger partial charge in [-0.2, -0.15) is 0 Å². The Hall–Kier alpha value is -4.19. The maximum absolute atomic E-state index is 12.8. The summed E-state index contributed by atoms with van der Waals surface area (Å²) in [5.74, 6) is -1.06. The van der Waals surface area contributed by atoms with Crippen LogP contribution in [0.4, 0.5) is 0 Å². The van der Waals surface area contributed by atoms with E-state index in [4.69, 9.17) is 14.2 Å². The van der Waals surface area contributed by atoms with E-state index in [1.807, 2.05) is 12.2 Å². The zero-order valence-electron chi connectivity index (χ0n) is 43.8. The number of hydrogen-bond donors (Lipinski definition) is 0. The van der Waals surface area contributed by atoms with Gasteiger partial charge in [0.1, 0.15) is 13.2 Å². The summed E-state index contributed by atoms with van der Waals surface area (Å²) in [7, 11) is 0. The highest BCUT2D eigenvalue weighted by atomic mass is 16.6. The van der Waals surface area contributed by atoms with E-state index in [0.717, 1.165) is 109 Å². The van der Waals surface area contributed by atoms with Gasteiger partial charge >= 0.3 is 17.9 Å². The predicted molar refractivity (Wildman–Crippen MR) is 293 cm³/mol. The van der Waals surface area contributed by atoms with Gasteiger partial charge in [-0.05, 0) is 103 Å². The molecule has 6 heteroatoms. The van der Waals surface area contributed by atoms with E-state index in [1.165, 1.54) is 77.0 Å². The molecule has 0 amide bonds. The molecule has 0 aliphatic heterocycles. The topological polar surface area (TPSA) is 78.9 Å². The second kappa shape index (κ2) is 55.4. The molecule has 0 aliphatic carbocycles. The zero-order chi connectivity index (χ0) is 49.3. The van der Waals surface area contributed by atoms with Crippen molar-refractivity contribution < 1.29 is 28.6 Å². The van der Waals surface area contributed by atoms with Crippen molar-refractivity contribution in [3.63, 3.8) is 0 Å². The quantitative estimate of drug-likeness (QED) is 0.0199. The normalized spacial score (nSPS) is 13.0. The first-order chi connectivity index (χ1) is 33.5. The Labute approximate surface area is 418 Å². The number of hydrogen-bond acceptors (Lipinski definition) is 6. The third kappa shape index (κ3) is 52.8. The van der Waals surface area contributed by atoms with Crippen molar-refractivity contribution in [1.29, 1.82) is 0 Å². The molecule has 0 aliphatic rings. The molecule has 68 heavy (non-hydrogen) atoms. The van der Waals surface area contributed by atoms with Gasteiger partial charge in [0.2, 0.25) is 0 Å². The second-order valence-corrected chi connectivity index (χ2v) is 17.8. The summed E-state index contributed by atoms with van der Waals surface area (Å²) in [5, 5.41) is 0. The highest BCUT2D eigenvalue weighted by Crippen LogP contribution is 2.12. The fourth-order valence-electron chi connectivity index (χ4n) is 7.13. The van der Waals surface area contributed by atoms with Gasteiger partial charge in [0.05, 0.1) is 0 Å². The van der Waals surface area contributed by atoms with Crippen LogP contribution in [0.25, 0.3) is 0 Å². The molecule has 0 aromatic heterocycles. The molecule has 0 aromatic carbocycles. The van der Waals surface area contributed by atoms with E-state index in [0.29, 0.717) is 19.3 Å². The SMILES string of the molecule is CC/C=C\C/C=C\C/C=C\C/C=C\C/C=C\CCC(=O)OC(COC(=O)CCCCC/C=C\C=C/CCCCCCCCC)COC(=O)CCCCCCC\C=C/C=C\C=C/CCCCCCC. The molecule has 1 atom stereocenters. The number of ether oxygens (including phenoxy) is 3. The predicted octanol–water partition coefficient (Wildman–Crippen LogP) is 18.5. The maximum atomic E-state index is 12.8. The minimum atomic E-state index is -0.841. The first-order valence-electron chi connectivity index (χ1n) is 27.6. The van der Waals surface area contributed by atoms with E-state index in [9.17, 15) is 14.4 Å². The van der Waals surface area contributed by atoms with Crippen LogP contribution in [0.3, 0.4) is 0 Å². The largest absolute Gasteiger partial charge is 0.462 e. The molecule has 0 N–H and O–H groups in total. The minimum Gasteiger partial charge on any atom is -0.462 e. The van der Waals surface area contributed by atoms with Gasteiger partial charge in [0.15, 0.2) is 6.10 Å². The van der Waals surface area contributed by atoms with Crippen molar-refractivity contribution in [2.45, 2.75) is 239 Å². The molecule has 0 aromatic rings. The lowest BCUT2D eigenvalue weighted by atomic mass is 10.1. The lowest BCUT2D eigenvalue weighted by Gasteiger charge is -2.18. The Morgan fingerprint density at radius 2 is 0.662 bits per heavy atom. The van der Waals surface area contributed by atoms with E-state index in [2.05, 4.69) is 130 Å². The molecule has 0 saturated heterocycles. The van der Waals surface area contributed by atoms with E-state index >= 15 is 0 Å². The van der Waals surface area contributed by atoms with Gasteiger partial charge in [-0.15, -0.1) is 0 Å². The average molecular weight is 941 g/mol. The summed E-state index contributed by atoms with van der Waals surface area (Å²) in [4.78, 5) is 38.1. The number of carbonyl (C=O) groups is 3. The molecule has 0 spiro atoms. The Balaban J connectivity index is 4.59. The van der Waals surface area contributed by atoms with Crippen LogP contribution in [0.2, 0.25) is 0 Å². The van der Waals surface area contributed by atoms with Crippen molar-refractivity contribution in [2.24, 2.45) is 0 Å². The van der Waals surface area contributed by atoms with Crippen molar-refractivity contribution in [2.75, 3.05) is 13.2 Å². The smallest absolute Gasteiger partial charge is 0.306 e. The molecule has 0 saturated carbocycles. The molecular formula is C62H100O6. The van der Waals surface area contributed by atoms with Gasteiger partial charge in [0.25, 0.3) is 0 Å². The fraction of sp³-hybridized carbons (Fsp3) is 0.629. The van der Waals surface area contributed by atoms with Crippen LogP contribution in [0.1, 0.15) is 233 Å². The summed E-state index contributed by atoms with van der Waals surface area (Å²) in [6, 6.07) is 0. The van der Waals surface area contributed by atoms with Crippen LogP contribution in [-0.4, -0.2) is 37.2 Å². The summed E-state index contributed by atoms with van der Waals surface area (Å²) in [6.45, 7) is 6.39. The average Bonchev–Trinajstić information content (AvgIpc) is 3.34. The number of rotatable bonds is 48. The van der Waals surface area contributed by atoms with E-state index < -0.39 is 12.1 Å². The molecule has 0 heterocycles. The minimum absolute atomic E-state index is 0.130. The van der Waals surface area contributed by atoms with Crippen molar-refractivity contribution in [3.05, 3.63) is 122 Å². The lowest BCUT2D eigenvalue weighted by Crippen LogP contribution is -2.30. The second-order valence-electron chi connectivity index (χ2n) is 17.8. The standard InChI is InChI=1S/C62H100O6/c1-4-7-10-13-16-19-22-25-28-31-32-35-37-40-43-46-49-52-55-61(64)67-58-59(68-62(65)56-53-50-47-44-41-38-34-30-27-24-21-18-15-12-9-6-3)57-66-60(63)54-51-48-45-42-39-36-33-29-26-23-20-17-14-11-8-5-2/h9,12,18,21-22,25,27-33,35-36,38-39,41,47,50,59H,4-8,10-11,13-17,19-20,23-24,26,34,37,40,42-46,48-49,51-58H2,1-3H3/b12-9-,21-18-,25-22-,30-27-,31-28-,33-29-,35-32-,39-36-,41-38-,50-47-. The molecule has 0 rings (SSSR count). The fourth-order valence-corrected chi connectivity index (χ4v) is 7.13. The Kier molecular flexibility index (Phi) is 52.0. The third-order valence-electron chi connectivity index (χ3n) is 11.3. The maximum Gasteiger partial charge on any atom is 0.306 e. The summed E-state index contributed by atoms with van der Waals surface area (Å²) in [6.07, 6.45) is 76.2. The Morgan fingerprint density at radius 1 is 0.324 bits per heavy atom. The molecular weight excluding hydrogens is 841 g/mol. The lowest BCUT2D eigenvalue weighted by molar-refractivity contribution is -0.166. The van der Waals surface area contributed by atoms with Crippen LogP contribution in [0.15, 0.2) is 122 Å². The Morgan fingerprint density at radius 3 is 1.07 bits per heavy atom. The summed E-state index contributed by atoms with van der Waals surface area (Å²) >= 11 is 0. The molecule has 0 radical (unpaired) electrons. The highest BCUT2D eigenvalue weighted by Gasteiger charge is 2.19. The monoisotopic (exact) mass is 941 g/mol. The van der Waals surface area contributed by atoms with Crippen LogP contribution in [0, 0.1) is 0 Å². The number of unbranched alkanes of at least 4 members (excludes halogenated alkanes) is 20. The summed E-state index contributed by atoms with van der Waals surface area (Å²) < 4.78 is 16.7. The molecule has 384 valence electrons. The van der Waals surface area contributed by atoms with Gasteiger partial charge in [-0.25, -0.2) is 0 Å². The van der Waals surface area contributed by atoms with Crippen LogP contribution < -0.4 is 0 Å². The van der Waals surface area contributed by atoms with E-state index in [1.54, 1.807) is 0 Å².